The number of nitrogens with one attached hydrogen (secondary N) is 2. The van der Waals surface area contributed by atoms with Crippen LogP contribution in [0.2, 0.25) is 0 Å². The third-order valence-electron chi connectivity index (χ3n) is 3.94. The second kappa shape index (κ2) is 7.52. The summed E-state index contributed by atoms with van der Waals surface area (Å²) in [5, 5.41) is 2.65. The van der Waals surface area contributed by atoms with Crippen LogP contribution >= 0.6 is 11.3 Å². The first-order chi connectivity index (χ1) is 13.2. The molecule has 2 N–H and O–H groups in total. The molecule has 9 nitrogen and oxygen atoms in total. The number of carbonyl (C=O) groups excluding carboxylic acids is 1. The third-order valence-corrected chi connectivity index (χ3v) is 6.42. The summed E-state index contributed by atoms with van der Waals surface area (Å²) in [7, 11) is -2.27. The zero-order chi connectivity index (χ0) is 20.5. The van der Waals surface area contributed by atoms with E-state index < -0.39 is 15.9 Å². The van der Waals surface area contributed by atoms with Crippen molar-refractivity contribution >= 4 is 38.9 Å². The van der Waals surface area contributed by atoms with Gasteiger partial charge in [0, 0.05) is 30.3 Å². The molecule has 1 amide bonds. The Hall–Kier alpha value is -3.05. The van der Waals surface area contributed by atoms with Gasteiger partial charge in [0.1, 0.15) is 4.88 Å². The summed E-state index contributed by atoms with van der Waals surface area (Å²) in [6, 6.07) is 7.29. The van der Waals surface area contributed by atoms with E-state index in [0.29, 0.717) is 22.0 Å². The number of aromatic nitrogens is 3. The van der Waals surface area contributed by atoms with Crippen molar-refractivity contribution < 1.29 is 13.2 Å². The number of sulfonamides is 1. The van der Waals surface area contributed by atoms with Gasteiger partial charge in [-0.2, -0.15) is 0 Å². The van der Waals surface area contributed by atoms with Crippen molar-refractivity contribution in [3.8, 4) is 0 Å². The Morgan fingerprint density at radius 2 is 1.82 bits per heavy atom. The van der Waals surface area contributed by atoms with Gasteiger partial charge in [-0.05, 0) is 44.2 Å². The fourth-order valence-electron chi connectivity index (χ4n) is 2.31. The van der Waals surface area contributed by atoms with E-state index in [4.69, 9.17) is 0 Å². The molecule has 0 bridgehead atoms. The van der Waals surface area contributed by atoms with Crippen LogP contribution < -0.4 is 14.9 Å². The van der Waals surface area contributed by atoms with Gasteiger partial charge in [-0.3, -0.25) is 9.59 Å². The Labute approximate surface area is 165 Å². The molecule has 11 heteroatoms. The maximum absolute atomic E-state index is 12.4. The molecule has 0 unspecified atom stereocenters. The lowest BCUT2D eigenvalue weighted by atomic mass is 10.3. The number of aryl methyl sites for hydroxylation is 1. The lowest BCUT2D eigenvalue weighted by Gasteiger charge is -2.08. The fraction of sp³-hybridized carbons (Fsp3) is 0.176. The molecule has 0 fully saturated rings. The standard InChI is InChI=1S/C17H17N5O4S2/c1-10-8-9-18-16(19-10)21-28(25,26)13-6-4-12(5-7-13)20-15(23)14-11(2)22(3)17(24)27-14/h4-9H,1-3H3,(H,20,23)(H,18,19,21). The Morgan fingerprint density at radius 1 is 1.14 bits per heavy atom. The number of amides is 1. The average Bonchev–Trinajstić information content (AvgIpc) is 2.89. The lowest BCUT2D eigenvalue weighted by molar-refractivity contribution is 0.102. The number of anilines is 2. The predicted octanol–water partition coefficient (Wildman–Crippen LogP) is 1.91. The van der Waals surface area contributed by atoms with Crippen LogP contribution in [0.4, 0.5) is 11.6 Å². The van der Waals surface area contributed by atoms with Gasteiger partial charge in [0.15, 0.2) is 0 Å². The molecule has 0 aliphatic rings. The minimum Gasteiger partial charge on any atom is -0.321 e. The smallest absolute Gasteiger partial charge is 0.307 e. The minimum atomic E-state index is -3.87. The monoisotopic (exact) mass is 419 g/mol. The van der Waals surface area contributed by atoms with E-state index in [0.717, 1.165) is 11.3 Å². The molecule has 3 aromatic rings. The molecule has 0 saturated heterocycles. The predicted molar refractivity (Wildman–Crippen MR) is 106 cm³/mol. The summed E-state index contributed by atoms with van der Waals surface area (Å²) in [6.45, 7) is 3.41. The molecule has 0 aliphatic heterocycles. The van der Waals surface area contributed by atoms with E-state index in [1.54, 1.807) is 27.0 Å². The zero-order valence-electron chi connectivity index (χ0n) is 15.3. The summed E-state index contributed by atoms with van der Waals surface area (Å²) in [5.41, 5.74) is 1.59. The van der Waals surface area contributed by atoms with E-state index in [1.807, 2.05) is 0 Å². The quantitative estimate of drug-likeness (QED) is 0.651. The Kier molecular flexibility index (Phi) is 5.29. The van der Waals surface area contributed by atoms with Gasteiger partial charge in [-0.1, -0.05) is 11.3 Å². The van der Waals surface area contributed by atoms with Crippen molar-refractivity contribution in [2.75, 3.05) is 10.0 Å². The summed E-state index contributed by atoms with van der Waals surface area (Å²) in [6.07, 6.45) is 1.46. The fourth-order valence-corrected chi connectivity index (χ4v) is 4.14. The van der Waals surface area contributed by atoms with Gasteiger partial charge in [-0.25, -0.2) is 23.1 Å². The van der Waals surface area contributed by atoms with Crippen LogP contribution in [0.15, 0.2) is 46.2 Å². The first kappa shape index (κ1) is 19.7. The normalized spacial score (nSPS) is 11.2. The van der Waals surface area contributed by atoms with Crippen molar-refractivity contribution in [2.45, 2.75) is 18.7 Å². The largest absolute Gasteiger partial charge is 0.321 e. The molecule has 146 valence electrons. The zero-order valence-corrected chi connectivity index (χ0v) is 16.9. The molecule has 28 heavy (non-hydrogen) atoms. The molecule has 3 rings (SSSR count). The first-order valence-electron chi connectivity index (χ1n) is 8.07. The van der Waals surface area contributed by atoms with Crippen LogP contribution in [0.3, 0.4) is 0 Å². The molecule has 0 saturated carbocycles. The van der Waals surface area contributed by atoms with Crippen LogP contribution in [0, 0.1) is 13.8 Å². The SMILES string of the molecule is Cc1ccnc(NS(=O)(=O)c2ccc(NC(=O)c3sc(=O)n(C)c3C)cc2)n1. The topological polar surface area (TPSA) is 123 Å². The number of thiazole rings is 1. The molecular formula is C17H17N5O4S2. The van der Waals surface area contributed by atoms with Crippen LogP contribution in [0.5, 0.6) is 0 Å². The lowest BCUT2D eigenvalue weighted by Crippen LogP contribution is -2.16. The van der Waals surface area contributed by atoms with E-state index >= 15 is 0 Å². The maximum Gasteiger partial charge on any atom is 0.307 e. The number of benzene rings is 1. The Bertz CT molecular complexity index is 1200. The van der Waals surface area contributed by atoms with E-state index in [9.17, 15) is 18.0 Å². The number of hydrogen-bond donors (Lipinski definition) is 2. The molecule has 0 atom stereocenters. The number of carbonyl (C=O) groups is 1. The summed E-state index contributed by atoms with van der Waals surface area (Å²) in [4.78, 5) is 32.0. The van der Waals surface area contributed by atoms with Crippen molar-refractivity contribution in [1.82, 2.24) is 14.5 Å². The van der Waals surface area contributed by atoms with Crippen molar-refractivity contribution in [3.05, 3.63) is 62.5 Å². The molecule has 0 aliphatic carbocycles. The van der Waals surface area contributed by atoms with Gasteiger partial charge in [-0.15, -0.1) is 0 Å². The average molecular weight is 419 g/mol. The van der Waals surface area contributed by atoms with Gasteiger partial charge in [0.05, 0.1) is 4.90 Å². The van der Waals surface area contributed by atoms with Gasteiger partial charge in [0.25, 0.3) is 15.9 Å². The molecule has 2 heterocycles. The molecule has 1 aromatic carbocycles. The van der Waals surface area contributed by atoms with Crippen molar-refractivity contribution in [3.63, 3.8) is 0 Å². The minimum absolute atomic E-state index is 0.00356. The molecular weight excluding hydrogens is 402 g/mol. The third kappa shape index (κ3) is 4.10. The second-order valence-corrected chi connectivity index (χ2v) is 8.59. The van der Waals surface area contributed by atoms with Gasteiger partial charge in [0.2, 0.25) is 5.95 Å². The maximum atomic E-state index is 12.4. The first-order valence-corrected chi connectivity index (χ1v) is 10.4. The van der Waals surface area contributed by atoms with Crippen LogP contribution in [-0.2, 0) is 17.1 Å². The van der Waals surface area contributed by atoms with Gasteiger partial charge >= 0.3 is 4.87 Å². The Balaban J connectivity index is 1.76. The van der Waals surface area contributed by atoms with Crippen molar-refractivity contribution in [1.29, 1.82) is 0 Å². The summed E-state index contributed by atoms with van der Waals surface area (Å²) in [5.74, 6) is -0.450. The highest BCUT2D eigenvalue weighted by Crippen LogP contribution is 2.18. The number of hydrogen-bond acceptors (Lipinski definition) is 7. The second-order valence-electron chi connectivity index (χ2n) is 5.95. The molecule has 0 spiro atoms. The highest BCUT2D eigenvalue weighted by Gasteiger charge is 2.18. The Morgan fingerprint density at radius 3 is 2.39 bits per heavy atom. The molecule has 0 radical (unpaired) electrons. The van der Waals surface area contributed by atoms with Gasteiger partial charge < -0.3 is 9.88 Å². The van der Waals surface area contributed by atoms with E-state index in [1.165, 1.54) is 35.0 Å². The number of nitrogens with zero attached hydrogens (tertiary/aromatic N) is 3. The number of rotatable bonds is 5. The summed E-state index contributed by atoms with van der Waals surface area (Å²) < 4.78 is 28.6. The van der Waals surface area contributed by atoms with E-state index in [2.05, 4.69) is 20.0 Å². The van der Waals surface area contributed by atoms with E-state index in [-0.39, 0.29) is 15.7 Å². The highest BCUT2D eigenvalue weighted by atomic mass is 32.2. The van der Waals surface area contributed by atoms with Crippen LogP contribution in [0.1, 0.15) is 21.1 Å². The van der Waals surface area contributed by atoms with Crippen LogP contribution in [0.25, 0.3) is 0 Å². The summed E-state index contributed by atoms with van der Waals surface area (Å²) >= 11 is 0.854. The molecule has 2 aromatic heterocycles. The van der Waals surface area contributed by atoms with Crippen LogP contribution in [-0.4, -0.2) is 28.9 Å². The highest BCUT2D eigenvalue weighted by molar-refractivity contribution is 7.92. The van der Waals surface area contributed by atoms with Crippen molar-refractivity contribution in [2.24, 2.45) is 7.05 Å².